The lowest BCUT2D eigenvalue weighted by molar-refractivity contribution is -0.870. The molecule has 0 aromatic heterocycles. The Morgan fingerprint density at radius 3 is 0.808 bits per heavy atom. The molecule has 0 aromatic carbocycles. The zero-order valence-electron chi connectivity index (χ0n) is 67.2. The van der Waals surface area contributed by atoms with Gasteiger partial charge in [-0.3, -0.25) is 9.59 Å². The van der Waals surface area contributed by atoms with E-state index in [2.05, 4.69) is 50.3 Å². The summed E-state index contributed by atoms with van der Waals surface area (Å²) in [4.78, 5) is 37.7. The van der Waals surface area contributed by atoms with Crippen molar-refractivity contribution in [2.45, 2.75) is 476 Å². The van der Waals surface area contributed by atoms with Gasteiger partial charge in [0, 0.05) is 12.8 Å². The molecule has 0 amide bonds. The number of quaternary nitrogens is 1. The van der Waals surface area contributed by atoms with Crippen LogP contribution in [0.2, 0.25) is 0 Å². The Hall–Kier alpha value is -2.49. The maximum absolute atomic E-state index is 13.0. The molecule has 2 unspecified atom stereocenters. The Morgan fingerprint density at radius 1 is 0.303 bits per heavy atom. The fourth-order valence-corrected chi connectivity index (χ4v) is 13.7. The van der Waals surface area contributed by atoms with Crippen molar-refractivity contribution in [2.24, 2.45) is 0 Å². The van der Waals surface area contributed by atoms with Gasteiger partial charge in [0.25, 0.3) is 0 Å². The van der Waals surface area contributed by atoms with Gasteiger partial charge >= 0.3 is 11.9 Å². The van der Waals surface area contributed by atoms with Crippen LogP contribution in [0.4, 0.5) is 0 Å². The number of carboxylic acids is 1. The summed E-state index contributed by atoms with van der Waals surface area (Å²) < 4.78 is 22.9. The van der Waals surface area contributed by atoms with Crippen LogP contribution in [-0.2, 0) is 33.3 Å². The highest BCUT2D eigenvalue weighted by Gasteiger charge is 2.22. The van der Waals surface area contributed by atoms with E-state index in [1.807, 2.05) is 21.1 Å². The minimum atomic E-state index is -1.62. The van der Waals surface area contributed by atoms with Crippen LogP contribution < -0.4 is 5.11 Å². The van der Waals surface area contributed by atoms with Gasteiger partial charge in [-0.05, 0) is 51.4 Å². The van der Waals surface area contributed by atoms with Gasteiger partial charge in [-0.1, -0.05) is 436 Å². The topological polar surface area (TPSA) is 111 Å². The molecule has 0 N–H and O–H groups in total. The van der Waals surface area contributed by atoms with E-state index in [9.17, 15) is 19.5 Å². The lowest BCUT2D eigenvalue weighted by atomic mass is 10.0. The van der Waals surface area contributed by atoms with Crippen molar-refractivity contribution in [1.82, 2.24) is 0 Å². The average molecular weight is 1400 g/mol. The first-order chi connectivity index (χ1) is 48.6. The third-order valence-electron chi connectivity index (χ3n) is 20.4. The highest BCUT2D eigenvalue weighted by Crippen LogP contribution is 2.21. The number of esters is 2. The van der Waals surface area contributed by atoms with Crippen LogP contribution in [0, 0.1) is 0 Å². The van der Waals surface area contributed by atoms with Crippen molar-refractivity contribution in [3.05, 3.63) is 36.5 Å². The standard InChI is InChI=1S/C90H171NO8/c1-6-8-10-12-14-16-18-20-22-24-26-28-30-32-34-36-38-40-41-42-43-44-45-46-47-49-51-53-55-57-59-61-63-65-67-69-71-73-75-77-79-81-88(93)99-86(85-98-90(89(94)95)96-83-82-91(3,4)5)84-97-87(92)80-78-76-74-72-70-68-66-64-62-60-58-56-54-52-50-48-39-37-35-33-31-29-27-25-23-21-19-17-15-13-11-9-7-2/h18,20,24,26,30,32,86,90H,6-17,19,21-23,25,27-29,31,33-85H2,1-5H3/b20-18-,26-24-,32-30-. The quantitative estimate of drug-likeness (QED) is 0.0195. The van der Waals surface area contributed by atoms with Crippen LogP contribution in [0.25, 0.3) is 0 Å². The van der Waals surface area contributed by atoms with Crippen molar-refractivity contribution < 1.29 is 42.9 Å². The van der Waals surface area contributed by atoms with Crippen molar-refractivity contribution in [1.29, 1.82) is 0 Å². The Kier molecular flexibility index (Phi) is 79.1. The summed E-state index contributed by atoms with van der Waals surface area (Å²) in [5, 5.41) is 11.9. The summed E-state index contributed by atoms with van der Waals surface area (Å²) >= 11 is 0. The minimum Gasteiger partial charge on any atom is -0.545 e. The van der Waals surface area contributed by atoms with Gasteiger partial charge in [0.05, 0.1) is 40.3 Å². The predicted octanol–water partition coefficient (Wildman–Crippen LogP) is 27.3. The lowest BCUT2D eigenvalue weighted by Crippen LogP contribution is -2.44. The molecule has 0 rings (SSSR count). The number of unbranched alkanes of at least 4 members (excludes halogenated alkanes) is 63. The van der Waals surface area contributed by atoms with Gasteiger partial charge in [-0.25, -0.2) is 0 Å². The maximum atomic E-state index is 13.0. The molecule has 0 saturated carbocycles. The first kappa shape index (κ1) is 96.5. The second-order valence-electron chi connectivity index (χ2n) is 31.5. The van der Waals surface area contributed by atoms with Gasteiger partial charge in [0.1, 0.15) is 13.2 Å². The monoisotopic (exact) mass is 1390 g/mol. The SMILES string of the molecule is CCCCCCC/C=C\C/C=C\C/C=C\CCCCCCCCCCCCCCCCCCCCCCCCCCCCC(=O)OC(COC(=O)CCCCCCCCCCCCCCCCCCCCCCCCCCCCCCCCCCC)COC(OCC[N+](C)(C)C)C(=O)[O-]. The number of allylic oxidation sites excluding steroid dienone is 6. The van der Waals surface area contributed by atoms with E-state index >= 15 is 0 Å². The summed E-state index contributed by atoms with van der Waals surface area (Å²) in [6.07, 6.45) is 103. The number of ether oxygens (including phenoxy) is 4. The lowest BCUT2D eigenvalue weighted by Gasteiger charge is -2.26. The number of carboxylic acid groups (broad SMARTS) is 1. The molecule has 0 spiro atoms. The molecule has 99 heavy (non-hydrogen) atoms. The number of hydrogen-bond donors (Lipinski definition) is 0. The summed E-state index contributed by atoms with van der Waals surface area (Å²) in [5.41, 5.74) is 0. The van der Waals surface area contributed by atoms with Crippen LogP contribution in [0.5, 0.6) is 0 Å². The molecule has 0 bridgehead atoms. The molecule has 0 heterocycles. The molecule has 9 nitrogen and oxygen atoms in total. The van der Waals surface area contributed by atoms with E-state index in [4.69, 9.17) is 18.9 Å². The second-order valence-corrected chi connectivity index (χ2v) is 31.5. The zero-order valence-corrected chi connectivity index (χ0v) is 67.2. The number of rotatable bonds is 84. The third-order valence-corrected chi connectivity index (χ3v) is 20.4. The molecule has 0 saturated heterocycles. The zero-order chi connectivity index (χ0) is 71.8. The summed E-state index contributed by atoms with van der Waals surface area (Å²) in [5.74, 6) is -2.24. The Bertz CT molecular complexity index is 1720. The van der Waals surface area contributed by atoms with E-state index in [1.165, 1.54) is 385 Å². The van der Waals surface area contributed by atoms with E-state index in [0.29, 0.717) is 17.4 Å². The Labute approximate surface area is 617 Å². The molecular formula is C90H171NO8. The van der Waals surface area contributed by atoms with E-state index in [1.54, 1.807) is 0 Å². The van der Waals surface area contributed by atoms with Crippen molar-refractivity contribution >= 4 is 17.9 Å². The smallest absolute Gasteiger partial charge is 0.306 e. The number of carbonyl (C=O) groups excluding carboxylic acids is 3. The number of nitrogens with zero attached hydrogens (tertiary/aromatic N) is 1. The van der Waals surface area contributed by atoms with Crippen LogP contribution in [-0.4, -0.2) is 82.3 Å². The molecule has 0 aromatic rings. The Balaban J connectivity index is 3.90. The van der Waals surface area contributed by atoms with Crippen LogP contribution in [0.3, 0.4) is 0 Å². The summed E-state index contributed by atoms with van der Waals surface area (Å²) in [7, 11) is 5.96. The number of hydrogen-bond acceptors (Lipinski definition) is 8. The molecule has 9 heteroatoms. The van der Waals surface area contributed by atoms with E-state index in [-0.39, 0.29) is 32.2 Å². The van der Waals surface area contributed by atoms with Gasteiger partial charge in [-0.2, -0.15) is 0 Å². The first-order valence-electron chi connectivity index (χ1n) is 44.1. The Morgan fingerprint density at radius 2 is 0.545 bits per heavy atom. The maximum Gasteiger partial charge on any atom is 0.306 e. The van der Waals surface area contributed by atoms with Crippen molar-refractivity contribution in [2.75, 3.05) is 47.5 Å². The molecule has 584 valence electrons. The highest BCUT2D eigenvalue weighted by molar-refractivity contribution is 5.70. The van der Waals surface area contributed by atoms with Gasteiger partial charge in [0.15, 0.2) is 12.4 Å². The van der Waals surface area contributed by atoms with Crippen LogP contribution >= 0.6 is 0 Å². The molecule has 0 aliphatic carbocycles. The van der Waals surface area contributed by atoms with Gasteiger partial charge < -0.3 is 33.3 Å². The third kappa shape index (κ3) is 82.7. The molecular weight excluding hydrogens is 1220 g/mol. The molecule has 2 atom stereocenters. The van der Waals surface area contributed by atoms with Crippen LogP contribution in [0.1, 0.15) is 463 Å². The van der Waals surface area contributed by atoms with E-state index in [0.717, 1.165) is 51.4 Å². The molecule has 0 fully saturated rings. The summed E-state index contributed by atoms with van der Waals surface area (Å²) in [6, 6.07) is 0. The number of aliphatic carboxylic acids is 1. The average Bonchev–Trinajstić information content (AvgIpc) is 2.62. The number of likely N-dealkylation sites (N-methyl/N-ethyl adjacent to an activating group) is 1. The van der Waals surface area contributed by atoms with Gasteiger partial charge in [0.2, 0.25) is 0 Å². The summed E-state index contributed by atoms with van der Waals surface area (Å²) in [6.45, 7) is 4.83. The first-order valence-corrected chi connectivity index (χ1v) is 44.1. The number of carbonyl (C=O) groups is 3. The molecule has 0 aliphatic heterocycles. The predicted molar refractivity (Wildman–Crippen MR) is 426 cm³/mol. The largest absolute Gasteiger partial charge is 0.545 e. The van der Waals surface area contributed by atoms with Gasteiger partial charge in [-0.15, -0.1) is 0 Å². The van der Waals surface area contributed by atoms with Crippen LogP contribution in [0.15, 0.2) is 36.5 Å². The minimum absolute atomic E-state index is 0.152. The second kappa shape index (κ2) is 81.2. The van der Waals surface area contributed by atoms with Crippen molar-refractivity contribution in [3.8, 4) is 0 Å². The fourth-order valence-electron chi connectivity index (χ4n) is 13.7. The van der Waals surface area contributed by atoms with E-state index < -0.39 is 24.3 Å². The highest BCUT2D eigenvalue weighted by atomic mass is 16.7. The normalized spacial score (nSPS) is 12.7. The fraction of sp³-hybridized carbons (Fsp3) is 0.900. The van der Waals surface area contributed by atoms with Crippen molar-refractivity contribution in [3.63, 3.8) is 0 Å². The molecule has 0 radical (unpaired) electrons. The molecule has 0 aliphatic rings.